The summed E-state index contributed by atoms with van der Waals surface area (Å²) in [6.07, 6.45) is 7.08. The summed E-state index contributed by atoms with van der Waals surface area (Å²) < 4.78 is 29.3. The summed E-state index contributed by atoms with van der Waals surface area (Å²) in [5.74, 6) is -3.91. The Morgan fingerprint density at radius 3 is 2.38 bits per heavy atom. The van der Waals surface area contributed by atoms with Crippen LogP contribution in [0.5, 0.6) is 0 Å². The fraction of sp³-hybridized carbons (Fsp3) is 0.730. The maximum atomic E-state index is 12.8. The van der Waals surface area contributed by atoms with E-state index >= 15 is 0 Å². The number of carbonyl (C=O) groups excluding carboxylic acids is 2. The van der Waals surface area contributed by atoms with Gasteiger partial charge < -0.3 is 49.2 Å². The predicted octanol–water partition coefficient (Wildman–Crippen LogP) is 2.22. The zero-order chi connectivity index (χ0) is 36.6. The number of nitrogens with two attached hydrogens (primary N) is 1. The molecule has 282 valence electrons. The van der Waals surface area contributed by atoms with E-state index in [2.05, 4.69) is 0 Å². The van der Waals surface area contributed by atoms with Crippen molar-refractivity contribution in [3.8, 4) is 0 Å². The Morgan fingerprint density at radius 1 is 0.960 bits per heavy atom. The number of allylic oxidation sites excluding steroid dienone is 6. The van der Waals surface area contributed by atoms with Crippen molar-refractivity contribution in [2.75, 3.05) is 0 Å². The fourth-order valence-corrected chi connectivity index (χ4v) is 6.94. The number of ketones is 1. The van der Waals surface area contributed by atoms with E-state index in [4.69, 9.17) is 29.4 Å². The number of esters is 1. The summed E-state index contributed by atoms with van der Waals surface area (Å²) in [4.78, 5) is 25.4. The predicted molar refractivity (Wildman–Crippen MR) is 182 cm³/mol. The van der Waals surface area contributed by atoms with E-state index < -0.39 is 90.5 Å². The Bertz CT molecular complexity index is 1250. The van der Waals surface area contributed by atoms with Crippen molar-refractivity contribution in [3.63, 3.8) is 0 Å². The highest BCUT2D eigenvalue weighted by molar-refractivity contribution is 5.80. The quantitative estimate of drug-likeness (QED) is 0.184. The Balaban J connectivity index is 1.52. The molecule has 4 aliphatic heterocycles. The molecule has 3 fully saturated rings. The van der Waals surface area contributed by atoms with Gasteiger partial charge in [-0.05, 0) is 33.1 Å². The number of rotatable bonds is 3. The monoisotopic (exact) mass is 707 g/mol. The summed E-state index contributed by atoms with van der Waals surface area (Å²) in [5.41, 5.74) is 4.96. The van der Waals surface area contributed by atoms with Gasteiger partial charge in [-0.15, -0.1) is 0 Å². The third kappa shape index (κ3) is 10.9. The first kappa shape index (κ1) is 40.5. The van der Waals surface area contributed by atoms with Crippen LogP contribution in [0.1, 0.15) is 85.5 Å². The Kier molecular flexibility index (Phi) is 14.5. The van der Waals surface area contributed by atoms with Gasteiger partial charge >= 0.3 is 5.97 Å². The first-order valence-corrected chi connectivity index (χ1v) is 17.9. The average molecular weight is 708 g/mol. The van der Waals surface area contributed by atoms with Gasteiger partial charge in [0.15, 0.2) is 17.8 Å². The average Bonchev–Trinajstić information content (AvgIpc) is 3.74. The molecule has 0 aliphatic carbocycles. The highest BCUT2D eigenvalue weighted by Gasteiger charge is 2.67. The number of aliphatic hydroxyl groups excluding tert-OH is 4. The third-order valence-electron chi connectivity index (χ3n) is 10.1. The summed E-state index contributed by atoms with van der Waals surface area (Å²) in [6, 6.07) is 0. The first-order chi connectivity index (χ1) is 23.7. The number of cyclic esters (lactones) is 1. The van der Waals surface area contributed by atoms with Gasteiger partial charge in [-0.2, -0.15) is 0 Å². The summed E-state index contributed by atoms with van der Waals surface area (Å²) in [7, 11) is 0. The lowest BCUT2D eigenvalue weighted by Crippen LogP contribution is -2.57. The molecule has 14 atom stereocenters. The zero-order valence-corrected chi connectivity index (χ0v) is 29.6. The number of hydrogen-bond donors (Lipinski definition) is 6. The van der Waals surface area contributed by atoms with E-state index in [9.17, 15) is 35.1 Å². The van der Waals surface area contributed by atoms with E-state index in [1.807, 2.05) is 24.3 Å². The molecule has 4 rings (SSSR count). The molecule has 0 aromatic carbocycles. The van der Waals surface area contributed by atoms with Crippen molar-refractivity contribution in [2.24, 2.45) is 17.6 Å². The normalized spacial score (nSPS) is 46.9. The van der Waals surface area contributed by atoms with Gasteiger partial charge in [0.2, 0.25) is 0 Å². The number of epoxide rings is 1. The van der Waals surface area contributed by atoms with Crippen molar-refractivity contribution >= 4 is 11.8 Å². The Morgan fingerprint density at radius 2 is 1.66 bits per heavy atom. The molecule has 50 heavy (non-hydrogen) atoms. The molecule has 0 amide bonds. The fourth-order valence-electron chi connectivity index (χ4n) is 6.94. The van der Waals surface area contributed by atoms with Gasteiger partial charge in [0.25, 0.3) is 0 Å². The van der Waals surface area contributed by atoms with Crippen LogP contribution in [0, 0.1) is 11.8 Å². The van der Waals surface area contributed by atoms with E-state index in [0.717, 1.165) is 0 Å². The molecule has 6 unspecified atom stereocenters. The first-order valence-electron chi connectivity index (χ1n) is 17.9. The highest BCUT2D eigenvalue weighted by atomic mass is 16.7. The Labute approximate surface area is 294 Å². The molecule has 13 heteroatoms. The van der Waals surface area contributed by atoms with Crippen molar-refractivity contribution in [3.05, 3.63) is 48.6 Å². The van der Waals surface area contributed by atoms with Gasteiger partial charge in [0.05, 0.1) is 42.5 Å². The highest BCUT2D eigenvalue weighted by Crippen LogP contribution is 2.45. The van der Waals surface area contributed by atoms with E-state index in [1.165, 1.54) is 0 Å². The van der Waals surface area contributed by atoms with E-state index in [1.54, 1.807) is 52.0 Å². The molecular formula is C37H57NO12. The van der Waals surface area contributed by atoms with Crippen LogP contribution < -0.4 is 5.73 Å². The topological polar surface area (TPSA) is 211 Å². The van der Waals surface area contributed by atoms with Crippen LogP contribution in [-0.2, 0) is 33.3 Å². The van der Waals surface area contributed by atoms with Crippen molar-refractivity contribution in [1.82, 2.24) is 0 Å². The third-order valence-corrected chi connectivity index (χ3v) is 10.1. The van der Waals surface area contributed by atoms with Crippen LogP contribution >= 0.6 is 0 Å². The minimum absolute atomic E-state index is 0.0687. The molecule has 0 aromatic heterocycles. The Hall–Kier alpha value is -2.30. The second-order valence-corrected chi connectivity index (χ2v) is 14.3. The number of aliphatic hydroxyl groups is 5. The lowest BCUT2D eigenvalue weighted by molar-refractivity contribution is -0.305. The van der Waals surface area contributed by atoms with Crippen LogP contribution in [0.2, 0.25) is 0 Å². The van der Waals surface area contributed by atoms with Crippen molar-refractivity contribution in [1.29, 1.82) is 0 Å². The maximum absolute atomic E-state index is 12.8. The number of ether oxygens (including phenoxy) is 5. The van der Waals surface area contributed by atoms with Gasteiger partial charge in [-0.1, -0.05) is 62.5 Å². The van der Waals surface area contributed by atoms with Crippen LogP contribution in [0.25, 0.3) is 0 Å². The van der Waals surface area contributed by atoms with Crippen molar-refractivity contribution in [2.45, 2.75) is 158 Å². The van der Waals surface area contributed by atoms with Crippen LogP contribution in [0.15, 0.2) is 48.6 Å². The van der Waals surface area contributed by atoms with Gasteiger partial charge in [0, 0.05) is 44.4 Å². The number of fused-ring (bicyclic) bond motifs is 3. The largest absolute Gasteiger partial charge is 0.462 e. The second-order valence-electron chi connectivity index (χ2n) is 14.3. The SMILES string of the molecule is CC[C@@H]1C(=O)O[C@H](C)C/C=C/C=C/C=C/C=C/[C@H](OC2OC(C)C3OC3(N)C2O)CC2O[C@](O)(C[C@@H](O)CCCC(=O)C[C@H]1O)C[C@H](O)[C@H]2C. The standard InChI is InChI=1S/C37H57NO12/c1-5-28-29(41)18-25(39)15-13-16-26(40)20-36(45)21-30(42)23(3)31(49-36)19-27(48-35-32(43)37(38)33(50-37)24(4)47-35)17-12-10-8-6-7-9-11-14-22(2)46-34(28)44/h6-12,17,22-24,26-33,35,40-43,45H,5,13-16,18-21,38H2,1-4H3/b7-6+,10-8+,11-9+,17-12+/t22-,23-,24?,26+,27+,28+,29-,30+,31?,32?,33?,35?,36-,37?/m1/s1. The zero-order valence-electron chi connectivity index (χ0n) is 29.6. The summed E-state index contributed by atoms with van der Waals surface area (Å²) in [5, 5.41) is 54.8. The molecule has 0 spiro atoms. The lowest BCUT2D eigenvalue weighted by Gasteiger charge is -2.45. The molecule has 0 saturated carbocycles. The molecule has 2 bridgehead atoms. The molecule has 4 aliphatic rings. The minimum Gasteiger partial charge on any atom is -0.462 e. The molecule has 0 aromatic rings. The van der Waals surface area contributed by atoms with Crippen molar-refractivity contribution < 1.29 is 58.8 Å². The molecule has 13 nitrogen and oxygen atoms in total. The minimum atomic E-state index is -1.86. The molecular weight excluding hydrogens is 650 g/mol. The van der Waals surface area contributed by atoms with Crippen LogP contribution in [0.3, 0.4) is 0 Å². The smallest absolute Gasteiger partial charge is 0.311 e. The van der Waals surface area contributed by atoms with Crippen LogP contribution in [0.4, 0.5) is 0 Å². The van der Waals surface area contributed by atoms with E-state index in [0.29, 0.717) is 12.8 Å². The van der Waals surface area contributed by atoms with Gasteiger partial charge in [-0.25, -0.2) is 0 Å². The maximum Gasteiger partial charge on any atom is 0.311 e. The summed E-state index contributed by atoms with van der Waals surface area (Å²) >= 11 is 0. The molecule has 3 saturated heterocycles. The number of hydrogen-bond acceptors (Lipinski definition) is 13. The molecule has 0 radical (unpaired) electrons. The van der Waals surface area contributed by atoms with Gasteiger partial charge in [-0.3, -0.25) is 15.3 Å². The lowest BCUT2D eigenvalue weighted by atomic mass is 9.84. The summed E-state index contributed by atoms with van der Waals surface area (Å²) in [6.45, 7) is 7.10. The molecule has 4 heterocycles. The number of Topliss-reactive ketones (excluding diaryl/α,β-unsaturated/α-hetero) is 1. The second kappa shape index (κ2) is 18.0. The van der Waals surface area contributed by atoms with Gasteiger partial charge in [0.1, 0.15) is 24.1 Å². The molecule has 7 N–H and O–H groups in total. The van der Waals surface area contributed by atoms with E-state index in [-0.39, 0.29) is 50.7 Å². The van der Waals surface area contributed by atoms with Crippen LogP contribution in [-0.4, -0.2) is 110 Å². The number of carbonyl (C=O) groups is 2.